The average molecular weight is 937 g/mol. The summed E-state index contributed by atoms with van der Waals surface area (Å²) in [7, 11) is 0. The Kier molecular flexibility index (Phi) is 7.89. The Labute approximate surface area is 425 Å². The van der Waals surface area contributed by atoms with Gasteiger partial charge in [-0.2, -0.15) is 0 Å². The highest BCUT2D eigenvalue weighted by atomic mass is 32.1. The maximum Gasteiger partial charge on any atom is 0.333 e. The first-order valence-electron chi connectivity index (χ1n) is 25.6. The Morgan fingerprint density at radius 3 is 1.83 bits per heavy atom. The maximum absolute atomic E-state index is 2.80. The second-order valence-electron chi connectivity index (χ2n) is 22.3. The SMILES string of the molecule is CC(C)(C)c1ccc(N2c3cc4c(sc5ccccc54)c4c3B(c3ccc5c(c32)C(C)(C)c2ccccc2-5)N2c3ccccc3C3(c5ccccc5-c5ccccc53)c3cccc-4c32)c(-c2ccccc2)c1. The van der Waals surface area contributed by atoms with Crippen LogP contribution in [0.5, 0.6) is 0 Å². The fourth-order valence-corrected chi connectivity index (χ4v) is 15.7. The molecule has 0 saturated carbocycles. The van der Waals surface area contributed by atoms with Crippen molar-refractivity contribution in [2.24, 2.45) is 0 Å². The summed E-state index contributed by atoms with van der Waals surface area (Å²) in [6.45, 7) is 11.8. The maximum atomic E-state index is 2.80. The van der Waals surface area contributed by atoms with Gasteiger partial charge in [-0.15, -0.1) is 11.3 Å². The van der Waals surface area contributed by atoms with Crippen LogP contribution >= 0.6 is 11.3 Å². The number of thiophene rings is 1. The van der Waals surface area contributed by atoms with Gasteiger partial charge in [0.2, 0.25) is 0 Å². The molecule has 0 atom stereocenters. The summed E-state index contributed by atoms with van der Waals surface area (Å²) in [5.41, 5.74) is 28.1. The predicted octanol–water partition coefficient (Wildman–Crippen LogP) is 16.7. The van der Waals surface area contributed by atoms with Crippen LogP contribution < -0.4 is 20.6 Å². The number of fused-ring (bicyclic) bond motifs is 21. The Hall–Kier alpha value is -7.92. The summed E-state index contributed by atoms with van der Waals surface area (Å²) < 4.78 is 2.67. The van der Waals surface area contributed by atoms with Crippen molar-refractivity contribution in [2.45, 2.75) is 50.9 Å². The molecular formula is C68H49BN2S. The van der Waals surface area contributed by atoms with E-state index in [0.717, 1.165) is 0 Å². The van der Waals surface area contributed by atoms with E-state index in [9.17, 15) is 0 Å². The normalized spacial score (nSPS) is 15.4. The van der Waals surface area contributed by atoms with E-state index >= 15 is 0 Å². The molecule has 16 rings (SSSR count). The fraction of sp³-hybridized carbons (Fsp3) is 0.118. The van der Waals surface area contributed by atoms with Gasteiger partial charge in [0.05, 0.1) is 11.1 Å². The number of para-hydroxylation sites is 2. The Balaban J connectivity index is 1.11. The predicted molar refractivity (Wildman–Crippen MR) is 306 cm³/mol. The zero-order chi connectivity index (χ0) is 48.0. The van der Waals surface area contributed by atoms with Crippen LogP contribution in [0.1, 0.15) is 73.6 Å². The van der Waals surface area contributed by atoms with Crippen molar-refractivity contribution >= 4 is 77.7 Å². The second kappa shape index (κ2) is 13.9. The van der Waals surface area contributed by atoms with Gasteiger partial charge in [-0.25, -0.2) is 0 Å². The molecule has 0 fully saturated rings. The van der Waals surface area contributed by atoms with Crippen molar-refractivity contribution in [1.82, 2.24) is 0 Å². The molecule has 0 unspecified atom stereocenters. The van der Waals surface area contributed by atoms with E-state index in [1.165, 1.54) is 143 Å². The molecular weight excluding hydrogens is 888 g/mol. The van der Waals surface area contributed by atoms with Gasteiger partial charge in [0.25, 0.3) is 0 Å². The number of nitrogens with zero attached hydrogens (tertiary/aromatic N) is 2. The number of hydrogen-bond donors (Lipinski definition) is 0. The molecule has 72 heavy (non-hydrogen) atoms. The summed E-state index contributed by atoms with van der Waals surface area (Å²) in [6, 6.07) is 79.5. The van der Waals surface area contributed by atoms with Gasteiger partial charge in [0, 0.05) is 65.0 Å². The highest BCUT2D eigenvalue weighted by Gasteiger charge is 2.57. The average Bonchev–Trinajstić information content (AvgIpc) is 4.03. The molecule has 11 aromatic rings. The van der Waals surface area contributed by atoms with Gasteiger partial charge in [0.15, 0.2) is 0 Å². The molecule has 10 aromatic carbocycles. The van der Waals surface area contributed by atoms with Crippen LogP contribution in [-0.4, -0.2) is 6.85 Å². The largest absolute Gasteiger partial charge is 0.376 e. The van der Waals surface area contributed by atoms with Gasteiger partial charge in [-0.3, -0.25) is 0 Å². The Morgan fingerprint density at radius 1 is 0.458 bits per heavy atom. The molecule has 1 spiro atoms. The Morgan fingerprint density at radius 2 is 1.08 bits per heavy atom. The molecule has 0 saturated heterocycles. The molecule has 0 bridgehead atoms. The van der Waals surface area contributed by atoms with E-state index in [1.54, 1.807) is 0 Å². The molecule has 0 N–H and O–H groups in total. The number of anilines is 5. The molecule has 340 valence electrons. The van der Waals surface area contributed by atoms with Gasteiger partial charge in [-0.05, 0) is 113 Å². The Bertz CT molecular complexity index is 4160. The third-order valence-electron chi connectivity index (χ3n) is 17.4. The van der Waals surface area contributed by atoms with E-state index in [2.05, 4.69) is 251 Å². The summed E-state index contributed by atoms with van der Waals surface area (Å²) in [5, 5.41) is 2.62. The third-order valence-corrected chi connectivity index (χ3v) is 18.6. The first-order chi connectivity index (χ1) is 35.2. The molecule has 0 radical (unpaired) electrons. The lowest BCUT2D eigenvalue weighted by Crippen LogP contribution is -2.63. The van der Waals surface area contributed by atoms with E-state index in [0.29, 0.717) is 0 Å². The van der Waals surface area contributed by atoms with Crippen molar-refractivity contribution in [1.29, 1.82) is 0 Å². The minimum absolute atomic E-state index is 0.0493. The highest BCUT2D eigenvalue weighted by molar-refractivity contribution is 7.26. The molecule has 2 nitrogen and oxygen atoms in total. The van der Waals surface area contributed by atoms with Crippen molar-refractivity contribution in [2.75, 3.05) is 9.71 Å². The second-order valence-corrected chi connectivity index (χ2v) is 23.3. The van der Waals surface area contributed by atoms with Crippen LogP contribution in [0, 0.1) is 0 Å². The van der Waals surface area contributed by atoms with Gasteiger partial charge < -0.3 is 9.71 Å². The van der Waals surface area contributed by atoms with Crippen LogP contribution in [-0.2, 0) is 16.2 Å². The number of hydrogen-bond acceptors (Lipinski definition) is 3. The van der Waals surface area contributed by atoms with Crippen LogP contribution in [0.3, 0.4) is 0 Å². The lowest BCUT2D eigenvalue weighted by Gasteiger charge is -2.53. The minimum Gasteiger partial charge on any atom is -0.376 e. The summed E-state index contributed by atoms with van der Waals surface area (Å²) >= 11 is 1.96. The highest BCUT2D eigenvalue weighted by Crippen LogP contribution is 2.66. The van der Waals surface area contributed by atoms with Gasteiger partial charge in [-0.1, -0.05) is 211 Å². The monoisotopic (exact) mass is 936 g/mol. The van der Waals surface area contributed by atoms with Crippen molar-refractivity contribution < 1.29 is 0 Å². The van der Waals surface area contributed by atoms with Gasteiger partial charge in [0.1, 0.15) is 0 Å². The number of benzene rings is 10. The zero-order valence-electron chi connectivity index (χ0n) is 41.0. The standard InChI is InChI=1S/C68H49BN2S/c1-66(2,3)41-34-37-56(48(38-41)40-20-7-6-8-21-40)70-58-39-49-45-25-12-18-33-59(45)72-65(49)60-47-26-19-31-54-63(47)71(69(62(58)60)55-36-35-46-44-24-9-13-27-50(44)67(4,5)61(46)64(55)70)57-32-17-16-30-53(57)68(54)51-28-14-10-22-42(51)43-23-11-15-29-52(43)68/h6-39H,1-5H3. The molecule has 4 heteroatoms. The molecule has 4 heterocycles. The lowest BCUT2D eigenvalue weighted by atomic mass is 9.41. The van der Waals surface area contributed by atoms with Crippen LogP contribution in [0.2, 0.25) is 0 Å². The van der Waals surface area contributed by atoms with E-state index < -0.39 is 5.41 Å². The van der Waals surface area contributed by atoms with Crippen LogP contribution in [0.4, 0.5) is 28.4 Å². The van der Waals surface area contributed by atoms with Gasteiger partial charge >= 0.3 is 6.85 Å². The summed E-state index contributed by atoms with van der Waals surface area (Å²) in [6.07, 6.45) is 0. The zero-order valence-corrected chi connectivity index (χ0v) is 41.8. The lowest BCUT2D eigenvalue weighted by molar-refractivity contribution is 0.590. The fourth-order valence-electron chi connectivity index (χ4n) is 14.4. The van der Waals surface area contributed by atoms with E-state index in [-0.39, 0.29) is 17.7 Å². The first-order valence-corrected chi connectivity index (χ1v) is 26.4. The smallest absolute Gasteiger partial charge is 0.333 e. The number of rotatable bonds is 2. The third kappa shape index (κ3) is 4.92. The van der Waals surface area contributed by atoms with Crippen LogP contribution in [0.15, 0.2) is 206 Å². The van der Waals surface area contributed by atoms with Crippen molar-refractivity contribution in [3.8, 4) is 44.5 Å². The molecule has 3 aliphatic heterocycles. The topological polar surface area (TPSA) is 6.48 Å². The molecule has 2 aliphatic carbocycles. The van der Waals surface area contributed by atoms with E-state index in [1.807, 2.05) is 11.3 Å². The van der Waals surface area contributed by atoms with Crippen molar-refractivity contribution in [3.05, 3.63) is 245 Å². The summed E-state index contributed by atoms with van der Waals surface area (Å²) in [4.78, 5) is 5.55. The molecule has 0 amide bonds. The quantitative estimate of drug-likeness (QED) is 0.159. The molecule has 5 aliphatic rings. The summed E-state index contributed by atoms with van der Waals surface area (Å²) in [5.74, 6) is 0. The van der Waals surface area contributed by atoms with Crippen LogP contribution in [0.25, 0.3) is 64.7 Å². The first kappa shape index (κ1) is 40.8. The minimum atomic E-state index is -0.523. The van der Waals surface area contributed by atoms with E-state index in [4.69, 9.17) is 0 Å². The van der Waals surface area contributed by atoms with Crippen molar-refractivity contribution in [3.63, 3.8) is 0 Å². The molecule has 1 aromatic heterocycles.